The summed E-state index contributed by atoms with van der Waals surface area (Å²) in [6.45, 7) is 0.135. The van der Waals surface area contributed by atoms with E-state index < -0.39 is 5.97 Å². The summed E-state index contributed by atoms with van der Waals surface area (Å²) in [7, 11) is 0. The van der Waals surface area contributed by atoms with Crippen LogP contribution in [0.3, 0.4) is 0 Å². The average molecular weight is 348 g/mol. The van der Waals surface area contributed by atoms with Crippen LogP contribution in [-0.2, 0) is 6.61 Å². The Morgan fingerprint density at radius 2 is 1.50 bits per heavy atom. The van der Waals surface area contributed by atoms with E-state index in [1.807, 2.05) is 6.07 Å². The molecule has 5 heteroatoms. The monoisotopic (exact) mass is 348 g/mol. The summed E-state index contributed by atoms with van der Waals surface area (Å²) in [5.41, 5.74) is 1.57. The van der Waals surface area contributed by atoms with Crippen LogP contribution in [0, 0.1) is 0 Å². The number of carbonyl (C=O) groups excluding carboxylic acids is 1. The molecule has 0 saturated carbocycles. The molecular weight excluding hydrogens is 332 g/mol. The molecule has 5 nitrogen and oxygen atoms in total. The number of carboxylic acid groups (broad SMARTS) is 1. The quantitative estimate of drug-likeness (QED) is 0.660. The van der Waals surface area contributed by atoms with Gasteiger partial charge in [-0.15, -0.1) is 0 Å². The van der Waals surface area contributed by atoms with E-state index in [0.717, 1.165) is 5.56 Å². The summed E-state index contributed by atoms with van der Waals surface area (Å²) in [5, 5.41) is 19.3. The SMILES string of the molecule is O=C(O)c1ccc(COc2cccc(C(=O)c3ccccc3)c2O)cc1. The fraction of sp³-hybridized carbons (Fsp3) is 0.0476. The van der Waals surface area contributed by atoms with E-state index in [1.54, 1.807) is 54.6 Å². The van der Waals surface area contributed by atoms with Gasteiger partial charge in [-0.2, -0.15) is 0 Å². The van der Waals surface area contributed by atoms with Gasteiger partial charge in [0.15, 0.2) is 17.3 Å². The molecule has 0 aliphatic carbocycles. The van der Waals surface area contributed by atoms with E-state index >= 15 is 0 Å². The van der Waals surface area contributed by atoms with Gasteiger partial charge in [-0.3, -0.25) is 4.79 Å². The van der Waals surface area contributed by atoms with Gasteiger partial charge in [-0.1, -0.05) is 48.5 Å². The number of carboxylic acids is 1. The Labute approximate surface area is 150 Å². The highest BCUT2D eigenvalue weighted by Crippen LogP contribution is 2.32. The number of phenols is 1. The Balaban J connectivity index is 1.77. The van der Waals surface area contributed by atoms with Crippen LogP contribution in [-0.4, -0.2) is 22.0 Å². The van der Waals surface area contributed by atoms with Crippen molar-refractivity contribution in [2.45, 2.75) is 6.61 Å². The number of benzene rings is 3. The molecule has 0 bridgehead atoms. The molecule has 26 heavy (non-hydrogen) atoms. The molecule has 0 atom stereocenters. The predicted molar refractivity (Wildman–Crippen MR) is 95.7 cm³/mol. The van der Waals surface area contributed by atoms with Crippen molar-refractivity contribution >= 4 is 11.8 Å². The maximum Gasteiger partial charge on any atom is 0.335 e. The summed E-state index contributed by atoms with van der Waals surface area (Å²) >= 11 is 0. The molecule has 0 saturated heterocycles. The lowest BCUT2D eigenvalue weighted by atomic mass is 10.0. The van der Waals surface area contributed by atoms with E-state index in [2.05, 4.69) is 0 Å². The molecule has 0 fully saturated rings. The number of phenolic OH excluding ortho intramolecular Hbond substituents is 1. The molecule has 0 heterocycles. The molecule has 0 amide bonds. The van der Waals surface area contributed by atoms with E-state index in [1.165, 1.54) is 12.1 Å². The van der Waals surface area contributed by atoms with Crippen molar-refractivity contribution in [3.05, 3.63) is 95.1 Å². The zero-order chi connectivity index (χ0) is 18.5. The highest BCUT2D eigenvalue weighted by molar-refractivity contribution is 6.11. The van der Waals surface area contributed by atoms with Gasteiger partial charge in [0.25, 0.3) is 0 Å². The van der Waals surface area contributed by atoms with Crippen molar-refractivity contribution in [3.63, 3.8) is 0 Å². The van der Waals surface area contributed by atoms with Crippen LogP contribution in [0.2, 0.25) is 0 Å². The minimum atomic E-state index is -0.998. The van der Waals surface area contributed by atoms with Crippen LogP contribution >= 0.6 is 0 Å². The van der Waals surface area contributed by atoms with E-state index in [0.29, 0.717) is 5.56 Å². The van der Waals surface area contributed by atoms with Gasteiger partial charge in [0, 0.05) is 5.56 Å². The van der Waals surface area contributed by atoms with Gasteiger partial charge in [0.1, 0.15) is 6.61 Å². The van der Waals surface area contributed by atoms with E-state index in [9.17, 15) is 14.7 Å². The number of aromatic hydroxyl groups is 1. The normalized spacial score (nSPS) is 10.3. The van der Waals surface area contributed by atoms with Crippen molar-refractivity contribution in [2.75, 3.05) is 0 Å². The molecule has 3 rings (SSSR count). The second kappa shape index (κ2) is 7.53. The highest BCUT2D eigenvalue weighted by atomic mass is 16.5. The number of hydrogen-bond acceptors (Lipinski definition) is 4. The van der Waals surface area contributed by atoms with Crippen molar-refractivity contribution < 1.29 is 24.5 Å². The third-order valence-corrected chi connectivity index (χ3v) is 3.87. The zero-order valence-electron chi connectivity index (χ0n) is 13.8. The minimum Gasteiger partial charge on any atom is -0.504 e. The Morgan fingerprint density at radius 3 is 2.15 bits per heavy atom. The smallest absolute Gasteiger partial charge is 0.335 e. The Bertz CT molecular complexity index is 930. The van der Waals surface area contributed by atoms with Gasteiger partial charge < -0.3 is 14.9 Å². The van der Waals surface area contributed by atoms with E-state index in [4.69, 9.17) is 9.84 Å². The average Bonchev–Trinajstić information content (AvgIpc) is 2.67. The predicted octanol–water partition coefficient (Wildman–Crippen LogP) is 3.90. The Morgan fingerprint density at radius 1 is 0.808 bits per heavy atom. The molecular formula is C21H16O5. The van der Waals surface area contributed by atoms with Crippen LogP contribution in [0.5, 0.6) is 11.5 Å². The molecule has 2 N–H and O–H groups in total. The first-order valence-corrected chi connectivity index (χ1v) is 7.93. The van der Waals surface area contributed by atoms with Crippen LogP contribution in [0.4, 0.5) is 0 Å². The summed E-state index contributed by atoms with van der Waals surface area (Å²) in [4.78, 5) is 23.4. The van der Waals surface area contributed by atoms with Gasteiger partial charge in [-0.05, 0) is 29.8 Å². The third kappa shape index (κ3) is 3.72. The molecule has 130 valence electrons. The number of rotatable bonds is 6. The maximum absolute atomic E-state index is 12.5. The molecule has 0 aromatic heterocycles. The van der Waals surface area contributed by atoms with Crippen molar-refractivity contribution in [2.24, 2.45) is 0 Å². The molecule has 0 aliphatic heterocycles. The number of ether oxygens (including phenoxy) is 1. The maximum atomic E-state index is 12.5. The number of hydrogen-bond donors (Lipinski definition) is 2. The summed E-state index contributed by atoms with van der Waals surface area (Å²) < 4.78 is 5.60. The third-order valence-electron chi connectivity index (χ3n) is 3.87. The zero-order valence-corrected chi connectivity index (χ0v) is 13.8. The molecule has 0 spiro atoms. The second-order valence-electron chi connectivity index (χ2n) is 5.64. The number of aromatic carboxylic acids is 1. The first kappa shape index (κ1) is 17.2. The highest BCUT2D eigenvalue weighted by Gasteiger charge is 2.16. The topological polar surface area (TPSA) is 83.8 Å². The van der Waals surface area contributed by atoms with Crippen molar-refractivity contribution in [1.29, 1.82) is 0 Å². The van der Waals surface area contributed by atoms with Crippen LogP contribution in [0.15, 0.2) is 72.8 Å². The summed E-state index contributed by atoms with van der Waals surface area (Å²) in [5.74, 6) is -1.32. The van der Waals surface area contributed by atoms with Crippen molar-refractivity contribution in [1.82, 2.24) is 0 Å². The lowest BCUT2D eigenvalue weighted by Gasteiger charge is -2.11. The minimum absolute atomic E-state index is 0.135. The van der Waals surface area contributed by atoms with Crippen LogP contribution in [0.1, 0.15) is 31.8 Å². The van der Waals surface area contributed by atoms with Crippen molar-refractivity contribution in [3.8, 4) is 11.5 Å². The van der Waals surface area contributed by atoms with Gasteiger partial charge >= 0.3 is 5.97 Å². The largest absolute Gasteiger partial charge is 0.504 e. The fourth-order valence-corrected chi connectivity index (χ4v) is 2.47. The fourth-order valence-electron chi connectivity index (χ4n) is 2.47. The Kier molecular flexibility index (Phi) is 4.99. The lowest BCUT2D eigenvalue weighted by Crippen LogP contribution is -2.03. The molecule has 3 aromatic rings. The number of ketones is 1. The van der Waals surface area contributed by atoms with Crippen LogP contribution in [0.25, 0.3) is 0 Å². The first-order valence-electron chi connectivity index (χ1n) is 7.93. The van der Waals surface area contributed by atoms with Crippen LogP contribution < -0.4 is 4.74 Å². The lowest BCUT2D eigenvalue weighted by molar-refractivity contribution is 0.0696. The van der Waals surface area contributed by atoms with Gasteiger partial charge in [0.2, 0.25) is 0 Å². The standard InChI is InChI=1S/C21H16O5/c22-19(15-5-2-1-3-6-15)17-7-4-8-18(20(17)23)26-13-14-9-11-16(12-10-14)21(24)25/h1-12,23H,13H2,(H,24,25). The first-order chi connectivity index (χ1) is 12.6. The molecule has 3 aromatic carbocycles. The van der Waals surface area contributed by atoms with Gasteiger partial charge in [-0.25, -0.2) is 4.79 Å². The molecule has 0 aliphatic rings. The van der Waals surface area contributed by atoms with Gasteiger partial charge in [0.05, 0.1) is 11.1 Å². The van der Waals surface area contributed by atoms with E-state index in [-0.39, 0.29) is 35.0 Å². The summed E-state index contributed by atoms with van der Waals surface area (Å²) in [6, 6.07) is 19.7. The number of carbonyl (C=O) groups is 2. The Hall–Kier alpha value is -3.60. The molecule has 0 unspecified atom stereocenters. The second-order valence-corrected chi connectivity index (χ2v) is 5.64. The number of para-hydroxylation sites is 1. The molecule has 0 radical (unpaired) electrons. The summed E-state index contributed by atoms with van der Waals surface area (Å²) in [6.07, 6.45) is 0.